The Morgan fingerprint density at radius 3 is 2.47 bits per heavy atom. The summed E-state index contributed by atoms with van der Waals surface area (Å²) in [7, 11) is 0. The molecule has 1 aromatic heterocycles. The Hall–Kier alpha value is -4.41. The SMILES string of the molecule is Cc1c(C=NNC(=O)C(NC(=O)c2ccccc2Cl)C(C)C)c2ccccc2n1Cc1ccccc1C#N. The minimum atomic E-state index is -0.805. The van der Waals surface area contributed by atoms with Crippen LogP contribution < -0.4 is 10.7 Å². The van der Waals surface area contributed by atoms with Crippen molar-refractivity contribution >= 4 is 40.5 Å². The summed E-state index contributed by atoms with van der Waals surface area (Å²) in [4.78, 5) is 25.7. The first-order valence-electron chi connectivity index (χ1n) is 12.3. The van der Waals surface area contributed by atoms with E-state index in [4.69, 9.17) is 11.6 Å². The van der Waals surface area contributed by atoms with Crippen molar-refractivity contribution in [2.45, 2.75) is 33.4 Å². The predicted molar refractivity (Wildman–Crippen MR) is 150 cm³/mol. The molecule has 0 aliphatic carbocycles. The molecule has 192 valence electrons. The molecule has 0 aliphatic heterocycles. The van der Waals surface area contributed by atoms with E-state index in [1.54, 1.807) is 30.5 Å². The fourth-order valence-electron chi connectivity index (χ4n) is 4.39. The highest BCUT2D eigenvalue weighted by molar-refractivity contribution is 6.33. The number of nitriles is 1. The van der Waals surface area contributed by atoms with Gasteiger partial charge in [-0.15, -0.1) is 0 Å². The van der Waals surface area contributed by atoms with Gasteiger partial charge in [-0.2, -0.15) is 10.4 Å². The predicted octanol–water partition coefficient (Wildman–Crippen LogP) is 5.43. The molecular formula is C30H28ClN5O2. The van der Waals surface area contributed by atoms with E-state index in [1.807, 2.05) is 69.3 Å². The number of hydrogen-bond acceptors (Lipinski definition) is 4. The van der Waals surface area contributed by atoms with Crippen LogP contribution in [0, 0.1) is 24.2 Å². The fraction of sp³-hybridized carbons (Fsp3) is 0.200. The minimum Gasteiger partial charge on any atom is -0.340 e. The fourth-order valence-corrected chi connectivity index (χ4v) is 4.61. The van der Waals surface area contributed by atoms with Gasteiger partial charge in [0.1, 0.15) is 6.04 Å². The van der Waals surface area contributed by atoms with Crippen LogP contribution in [0.2, 0.25) is 5.02 Å². The van der Waals surface area contributed by atoms with Gasteiger partial charge in [-0.25, -0.2) is 5.43 Å². The van der Waals surface area contributed by atoms with Crippen LogP contribution in [-0.4, -0.2) is 28.6 Å². The Balaban J connectivity index is 1.56. The first-order valence-corrected chi connectivity index (χ1v) is 12.6. The van der Waals surface area contributed by atoms with E-state index >= 15 is 0 Å². The Labute approximate surface area is 226 Å². The van der Waals surface area contributed by atoms with Crippen LogP contribution in [0.1, 0.15) is 46.6 Å². The summed E-state index contributed by atoms with van der Waals surface area (Å²) in [6, 6.07) is 23.6. The molecule has 0 saturated carbocycles. The van der Waals surface area contributed by atoms with Gasteiger partial charge < -0.3 is 9.88 Å². The summed E-state index contributed by atoms with van der Waals surface area (Å²) in [5.41, 5.74) is 7.24. The molecule has 1 atom stereocenters. The zero-order valence-electron chi connectivity index (χ0n) is 21.4. The molecule has 2 amide bonds. The molecule has 2 N–H and O–H groups in total. The Bertz CT molecular complexity index is 1560. The first-order chi connectivity index (χ1) is 18.3. The molecule has 4 aromatic rings. The molecule has 1 unspecified atom stereocenters. The van der Waals surface area contributed by atoms with Gasteiger partial charge in [0.25, 0.3) is 11.8 Å². The van der Waals surface area contributed by atoms with Gasteiger partial charge >= 0.3 is 0 Å². The maximum Gasteiger partial charge on any atom is 0.262 e. The molecule has 1 heterocycles. The summed E-state index contributed by atoms with van der Waals surface area (Å²) in [6.07, 6.45) is 1.62. The largest absolute Gasteiger partial charge is 0.340 e. The maximum atomic E-state index is 13.0. The van der Waals surface area contributed by atoms with Crippen molar-refractivity contribution in [3.05, 3.63) is 106 Å². The van der Waals surface area contributed by atoms with E-state index in [2.05, 4.69) is 26.5 Å². The van der Waals surface area contributed by atoms with Crippen molar-refractivity contribution < 1.29 is 9.59 Å². The van der Waals surface area contributed by atoms with Crippen LogP contribution in [-0.2, 0) is 11.3 Å². The molecule has 0 fully saturated rings. The van der Waals surface area contributed by atoms with E-state index in [0.29, 0.717) is 22.7 Å². The van der Waals surface area contributed by atoms with Gasteiger partial charge in [0.15, 0.2) is 0 Å². The first kappa shape index (κ1) is 26.6. The number of nitrogens with one attached hydrogen (secondary N) is 2. The quantitative estimate of drug-likeness (QED) is 0.237. The second kappa shape index (κ2) is 11.8. The summed E-state index contributed by atoms with van der Waals surface area (Å²) in [5.74, 6) is -1.04. The number of carbonyl (C=O) groups is 2. The maximum absolute atomic E-state index is 13.0. The van der Waals surface area contributed by atoms with Crippen LogP contribution >= 0.6 is 11.6 Å². The van der Waals surface area contributed by atoms with E-state index in [0.717, 1.165) is 27.7 Å². The van der Waals surface area contributed by atoms with E-state index in [-0.39, 0.29) is 5.92 Å². The third kappa shape index (κ3) is 5.61. The van der Waals surface area contributed by atoms with Crippen LogP contribution in [0.5, 0.6) is 0 Å². The number of halogens is 1. The molecule has 0 radical (unpaired) electrons. The molecule has 38 heavy (non-hydrogen) atoms. The van der Waals surface area contributed by atoms with Crippen molar-refractivity contribution in [1.82, 2.24) is 15.3 Å². The third-order valence-electron chi connectivity index (χ3n) is 6.47. The van der Waals surface area contributed by atoms with Crippen LogP contribution in [0.15, 0.2) is 77.9 Å². The topological polar surface area (TPSA) is 99.3 Å². The summed E-state index contributed by atoms with van der Waals surface area (Å²) >= 11 is 6.14. The molecule has 0 bridgehead atoms. The highest BCUT2D eigenvalue weighted by Gasteiger charge is 2.25. The second-order valence-electron chi connectivity index (χ2n) is 9.28. The Kier molecular flexibility index (Phi) is 8.25. The highest BCUT2D eigenvalue weighted by Crippen LogP contribution is 2.26. The lowest BCUT2D eigenvalue weighted by Crippen LogP contribution is -2.48. The number of benzene rings is 3. The average molecular weight is 526 g/mol. The zero-order chi connectivity index (χ0) is 27.2. The van der Waals surface area contributed by atoms with E-state index in [9.17, 15) is 14.9 Å². The van der Waals surface area contributed by atoms with Crippen LogP contribution in [0.4, 0.5) is 0 Å². The highest BCUT2D eigenvalue weighted by atomic mass is 35.5. The lowest BCUT2D eigenvalue weighted by molar-refractivity contribution is -0.123. The second-order valence-corrected chi connectivity index (χ2v) is 9.69. The van der Waals surface area contributed by atoms with E-state index < -0.39 is 17.9 Å². The standard InChI is InChI=1S/C30H28ClN5O2/c1-19(2)28(34-29(37)24-13-6-8-14-26(24)31)30(38)35-33-17-25-20(3)36(27-15-9-7-12-23(25)27)18-22-11-5-4-10-21(22)16-32/h4-15,17,19,28H,18H2,1-3H3,(H,34,37)(H,35,38). The molecular weight excluding hydrogens is 498 g/mol. The number of carbonyl (C=O) groups excluding carboxylic acids is 2. The Morgan fingerprint density at radius 2 is 1.74 bits per heavy atom. The van der Waals surface area contributed by atoms with Crippen molar-refractivity contribution in [2.24, 2.45) is 11.0 Å². The average Bonchev–Trinajstić information content (AvgIpc) is 3.18. The molecule has 4 rings (SSSR count). The molecule has 8 heteroatoms. The number of hydrazone groups is 1. The van der Waals surface area contributed by atoms with Crippen LogP contribution in [0.3, 0.4) is 0 Å². The van der Waals surface area contributed by atoms with Crippen molar-refractivity contribution in [3.8, 4) is 6.07 Å². The zero-order valence-corrected chi connectivity index (χ0v) is 22.2. The number of fused-ring (bicyclic) bond motifs is 1. The molecule has 3 aromatic carbocycles. The van der Waals surface area contributed by atoms with Crippen LogP contribution in [0.25, 0.3) is 10.9 Å². The smallest absolute Gasteiger partial charge is 0.262 e. The Morgan fingerprint density at radius 1 is 1.05 bits per heavy atom. The summed E-state index contributed by atoms with van der Waals surface area (Å²) < 4.78 is 2.13. The van der Waals surface area contributed by atoms with Crippen molar-refractivity contribution in [1.29, 1.82) is 5.26 Å². The van der Waals surface area contributed by atoms with E-state index in [1.165, 1.54) is 0 Å². The van der Waals surface area contributed by atoms with Gasteiger partial charge in [-0.1, -0.05) is 74.0 Å². The molecule has 0 spiro atoms. The monoisotopic (exact) mass is 525 g/mol. The van der Waals surface area contributed by atoms with Gasteiger partial charge in [0.05, 0.1) is 28.4 Å². The third-order valence-corrected chi connectivity index (χ3v) is 6.80. The lowest BCUT2D eigenvalue weighted by atomic mass is 10.0. The summed E-state index contributed by atoms with van der Waals surface area (Å²) in [5, 5.41) is 17.8. The lowest BCUT2D eigenvalue weighted by Gasteiger charge is -2.20. The van der Waals surface area contributed by atoms with Gasteiger partial charge in [-0.3, -0.25) is 9.59 Å². The van der Waals surface area contributed by atoms with Crippen molar-refractivity contribution in [2.75, 3.05) is 0 Å². The molecule has 0 saturated heterocycles. The normalized spacial score (nSPS) is 12.0. The van der Waals surface area contributed by atoms with Gasteiger partial charge in [0.2, 0.25) is 0 Å². The number of aromatic nitrogens is 1. The summed E-state index contributed by atoms with van der Waals surface area (Å²) in [6.45, 7) is 6.20. The van der Waals surface area contributed by atoms with Gasteiger partial charge in [-0.05, 0) is 42.7 Å². The number of para-hydroxylation sites is 1. The van der Waals surface area contributed by atoms with Crippen molar-refractivity contribution in [3.63, 3.8) is 0 Å². The number of nitrogens with zero attached hydrogens (tertiary/aromatic N) is 3. The number of hydrogen-bond donors (Lipinski definition) is 2. The molecule has 7 nitrogen and oxygen atoms in total. The van der Waals surface area contributed by atoms with Gasteiger partial charge in [0, 0.05) is 28.7 Å². The molecule has 0 aliphatic rings. The number of amides is 2. The minimum absolute atomic E-state index is 0.180. The number of rotatable bonds is 8.